The highest BCUT2D eigenvalue weighted by atomic mass is 16.6. The van der Waals surface area contributed by atoms with Crippen LogP contribution in [0.15, 0.2) is 71.8 Å². The fourth-order valence-corrected chi connectivity index (χ4v) is 3.05. The van der Waals surface area contributed by atoms with E-state index in [4.69, 9.17) is 14.2 Å². The van der Waals surface area contributed by atoms with Crippen LogP contribution < -0.4 is 25.0 Å². The van der Waals surface area contributed by atoms with Gasteiger partial charge in [-0.3, -0.25) is 9.59 Å². The van der Waals surface area contributed by atoms with Crippen LogP contribution in [-0.4, -0.2) is 44.3 Å². The largest absolute Gasteiger partial charge is 0.494 e. The molecule has 186 valence electrons. The number of nitrogens with one attached hydrogen (secondary N) is 2. The second-order valence-corrected chi connectivity index (χ2v) is 7.60. The lowest BCUT2D eigenvalue weighted by Crippen LogP contribution is -2.34. The third-order valence-electron chi connectivity index (χ3n) is 4.92. The number of ether oxygens (including phenoxy) is 3. The van der Waals surface area contributed by atoms with Crippen molar-refractivity contribution >= 4 is 24.0 Å². The van der Waals surface area contributed by atoms with Crippen molar-refractivity contribution in [1.82, 2.24) is 10.7 Å². The average Bonchev–Trinajstić information content (AvgIpc) is 2.89. The Labute approximate surface area is 209 Å². The number of esters is 1. The van der Waals surface area contributed by atoms with Crippen molar-refractivity contribution < 1.29 is 28.6 Å². The van der Waals surface area contributed by atoms with E-state index in [-0.39, 0.29) is 18.2 Å². The Hall–Kier alpha value is -4.66. The third kappa shape index (κ3) is 7.42. The molecule has 0 heterocycles. The van der Waals surface area contributed by atoms with Crippen molar-refractivity contribution in [2.75, 3.05) is 20.3 Å². The Balaban J connectivity index is 1.53. The Kier molecular flexibility index (Phi) is 9.16. The van der Waals surface area contributed by atoms with Crippen molar-refractivity contribution in [3.63, 3.8) is 0 Å². The molecule has 0 radical (unpaired) electrons. The molecule has 36 heavy (non-hydrogen) atoms. The lowest BCUT2D eigenvalue weighted by Gasteiger charge is -2.10. The maximum Gasteiger partial charge on any atom is 0.343 e. The van der Waals surface area contributed by atoms with Crippen molar-refractivity contribution in [1.29, 1.82) is 0 Å². The molecular weight excluding hydrogens is 462 g/mol. The summed E-state index contributed by atoms with van der Waals surface area (Å²) >= 11 is 0. The number of nitrogens with zero attached hydrogens (tertiary/aromatic N) is 1. The van der Waals surface area contributed by atoms with Crippen molar-refractivity contribution in [3.8, 4) is 17.2 Å². The second kappa shape index (κ2) is 12.7. The summed E-state index contributed by atoms with van der Waals surface area (Å²) in [6.45, 7) is 4.11. The number of hydrogen-bond acceptors (Lipinski definition) is 7. The molecule has 0 aliphatic carbocycles. The van der Waals surface area contributed by atoms with Gasteiger partial charge < -0.3 is 19.5 Å². The first kappa shape index (κ1) is 26.0. The molecular formula is C27H27N3O6. The second-order valence-electron chi connectivity index (χ2n) is 7.60. The number of carbonyl (C=O) groups is 3. The van der Waals surface area contributed by atoms with E-state index in [0.29, 0.717) is 34.8 Å². The first-order valence-electron chi connectivity index (χ1n) is 11.2. The highest BCUT2D eigenvalue weighted by Gasteiger charge is 2.13. The number of hydrogen-bond donors (Lipinski definition) is 2. The molecule has 0 aromatic heterocycles. The van der Waals surface area contributed by atoms with Crippen molar-refractivity contribution in [2.45, 2.75) is 13.8 Å². The zero-order valence-corrected chi connectivity index (χ0v) is 20.2. The smallest absolute Gasteiger partial charge is 0.343 e. The highest BCUT2D eigenvalue weighted by molar-refractivity contribution is 5.96. The Morgan fingerprint density at radius 2 is 1.61 bits per heavy atom. The molecule has 9 nitrogen and oxygen atoms in total. The number of benzene rings is 3. The van der Waals surface area contributed by atoms with Gasteiger partial charge in [-0.25, -0.2) is 10.2 Å². The summed E-state index contributed by atoms with van der Waals surface area (Å²) < 4.78 is 16.2. The molecule has 9 heteroatoms. The molecule has 0 saturated heterocycles. The molecule has 0 spiro atoms. The van der Waals surface area contributed by atoms with Crippen LogP contribution in [0, 0.1) is 6.92 Å². The highest BCUT2D eigenvalue weighted by Crippen LogP contribution is 2.28. The predicted molar refractivity (Wildman–Crippen MR) is 135 cm³/mol. The van der Waals surface area contributed by atoms with Gasteiger partial charge in [-0.05, 0) is 74.0 Å². The maximum absolute atomic E-state index is 12.5. The van der Waals surface area contributed by atoms with Crippen LogP contribution in [0.2, 0.25) is 0 Å². The summed E-state index contributed by atoms with van der Waals surface area (Å²) in [5, 5.41) is 6.42. The van der Waals surface area contributed by atoms with Crippen LogP contribution in [0.5, 0.6) is 17.2 Å². The normalized spacial score (nSPS) is 10.5. The molecule has 3 aromatic carbocycles. The zero-order chi connectivity index (χ0) is 25.9. The Bertz CT molecular complexity index is 1240. The van der Waals surface area contributed by atoms with E-state index in [1.165, 1.54) is 13.3 Å². The fraction of sp³-hybridized carbons (Fsp3) is 0.185. The summed E-state index contributed by atoms with van der Waals surface area (Å²) in [6, 6.07) is 18.5. The number of amides is 2. The topological polar surface area (TPSA) is 115 Å². The van der Waals surface area contributed by atoms with E-state index in [9.17, 15) is 14.4 Å². The maximum atomic E-state index is 12.5. The van der Waals surface area contributed by atoms with E-state index in [1.807, 2.05) is 26.0 Å². The minimum absolute atomic E-state index is 0.228. The minimum atomic E-state index is -0.544. The molecule has 0 atom stereocenters. The lowest BCUT2D eigenvalue weighted by molar-refractivity contribution is -0.120. The molecule has 0 saturated carbocycles. The zero-order valence-electron chi connectivity index (χ0n) is 20.2. The summed E-state index contributed by atoms with van der Waals surface area (Å²) in [5.74, 6) is -0.172. The minimum Gasteiger partial charge on any atom is -0.494 e. The first-order chi connectivity index (χ1) is 17.4. The third-order valence-corrected chi connectivity index (χ3v) is 4.92. The number of hydrazone groups is 1. The molecule has 3 rings (SSSR count). The number of aryl methyl sites for hydroxylation is 1. The van der Waals surface area contributed by atoms with E-state index >= 15 is 0 Å². The van der Waals surface area contributed by atoms with Gasteiger partial charge in [-0.2, -0.15) is 5.10 Å². The van der Waals surface area contributed by atoms with Gasteiger partial charge in [0, 0.05) is 5.56 Å². The van der Waals surface area contributed by atoms with Crippen LogP contribution in [0.25, 0.3) is 0 Å². The molecule has 0 fully saturated rings. The van der Waals surface area contributed by atoms with Gasteiger partial charge in [0.25, 0.3) is 11.8 Å². The average molecular weight is 490 g/mol. The summed E-state index contributed by atoms with van der Waals surface area (Å²) in [5.41, 5.74) is 4.81. The van der Waals surface area contributed by atoms with Gasteiger partial charge in [-0.1, -0.05) is 17.7 Å². The number of methoxy groups -OCH3 is 1. The van der Waals surface area contributed by atoms with Gasteiger partial charge in [0.1, 0.15) is 5.75 Å². The monoisotopic (exact) mass is 489 g/mol. The first-order valence-corrected chi connectivity index (χ1v) is 11.2. The molecule has 3 aromatic rings. The van der Waals surface area contributed by atoms with Gasteiger partial charge in [0.15, 0.2) is 11.5 Å². The molecule has 0 bridgehead atoms. The molecule has 0 aliphatic heterocycles. The lowest BCUT2D eigenvalue weighted by atomic mass is 10.1. The van der Waals surface area contributed by atoms with Crippen molar-refractivity contribution in [2.24, 2.45) is 5.10 Å². The van der Waals surface area contributed by atoms with Crippen LogP contribution in [0.4, 0.5) is 0 Å². The molecule has 2 amide bonds. The Morgan fingerprint density at radius 3 is 2.28 bits per heavy atom. The van der Waals surface area contributed by atoms with E-state index in [2.05, 4.69) is 15.8 Å². The van der Waals surface area contributed by atoms with E-state index in [0.717, 1.165) is 5.56 Å². The molecule has 0 unspecified atom stereocenters. The van der Waals surface area contributed by atoms with Crippen LogP contribution in [0.1, 0.15) is 38.8 Å². The van der Waals surface area contributed by atoms with Crippen LogP contribution >= 0.6 is 0 Å². The summed E-state index contributed by atoms with van der Waals surface area (Å²) in [6.07, 6.45) is 1.40. The van der Waals surface area contributed by atoms with Gasteiger partial charge in [0.2, 0.25) is 0 Å². The van der Waals surface area contributed by atoms with Gasteiger partial charge in [0.05, 0.1) is 32.0 Å². The van der Waals surface area contributed by atoms with Crippen molar-refractivity contribution in [3.05, 3.63) is 89.0 Å². The quantitative estimate of drug-likeness (QED) is 0.195. The molecule has 2 N–H and O–H groups in total. The van der Waals surface area contributed by atoms with Gasteiger partial charge >= 0.3 is 5.97 Å². The number of rotatable bonds is 10. The van der Waals surface area contributed by atoms with E-state index in [1.54, 1.807) is 54.6 Å². The van der Waals surface area contributed by atoms with Gasteiger partial charge in [-0.15, -0.1) is 0 Å². The summed E-state index contributed by atoms with van der Waals surface area (Å²) in [4.78, 5) is 36.5. The SMILES string of the molecule is CCOc1ccc(C(=O)Oc2ccc(/C=N\NC(=O)CNC(=O)c3ccc(C)cc3)cc2OC)cc1. The van der Waals surface area contributed by atoms with E-state index < -0.39 is 11.9 Å². The predicted octanol–water partition coefficient (Wildman–Crippen LogP) is 3.50. The fourth-order valence-electron chi connectivity index (χ4n) is 3.05. The Morgan fingerprint density at radius 1 is 0.917 bits per heavy atom. The standard InChI is InChI=1S/C27H27N3O6/c1-4-35-22-12-10-21(11-13-22)27(33)36-23-14-7-19(15-24(23)34-3)16-29-30-25(31)17-28-26(32)20-8-5-18(2)6-9-20/h5-16H,4,17H2,1-3H3,(H,28,32)(H,30,31)/b29-16-. The molecule has 0 aliphatic rings. The number of carbonyl (C=O) groups excluding carboxylic acids is 3. The summed E-state index contributed by atoms with van der Waals surface area (Å²) in [7, 11) is 1.45. The van der Waals surface area contributed by atoms with Crippen LogP contribution in [0.3, 0.4) is 0 Å². The van der Waals surface area contributed by atoms with Crippen LogP contribution in [-0.2, 0) is 4.79 Å².